The minimum absolute atomic E-state index is 0.110. The third kappa shape index (κ3) is 9.80. The lowest BCUT2D eigenvalue weighted by molar-refractivity contribution is 0.0564. The van der Waals surface area contributed by atoms with Gasteiger partial charge in [0.05, 0.1) is 12.7 Å². The van der Waals surface area contributed by atoms with Crippen LogP contribution in [0.5, 0.6) is 0 Å². The highest BCUT2D eigenvalue weighted by Crippen LogP contribution is 1.95. The van der Waals surface area contributed by atoms with Gasteiger partial charge in [-0.05, 0) is 26.7 Å². The van der Waals surface area contributed by atoms with Crippen molar-refractivity contribution in [3.63, 3.8) is 0 Å². The second-order valence-electron chi connectivity index (χ2n) is 3.54. The smallest absolute Gasteiger partial charge is 0.0621 e. The van der Waals surface area contributed by atoms with E-state index in [9.17, 15) is 0 Å². The molecular weight excluding hydrogens is 166 g/mol. The van der Waals surface area contributed by atoms with Crippen molar-refractivity contribution in [2.24, 2.45) is 5.73 Å². The molecule has 3 nitrogen and oxygen atoms in total. The van der Waals surface area contributed by atoms with E-state index in [1.165, 1.54) is 0 Å². The van der Waals surface area contributed by atoms with Crippen molar-refractivity contribution >= 4 is 0 Å². The summed E-state index contributed by atoms with van der Waals surface area (Å²) in [5, 5.41) is 0. The molecule has 0 aromatic heterocycles. The number of hydrogen-bond acceptors (Lipinski definition) is 3. The largest absolute Gasteiger partial charge is 0.381 e. The number of rotatable bonds is 8. The van der Waals surface area contributed by atoms with Crippen molar-refractivity contribution in [3.8, 4) is 0 Å². The highest BCUT2D eigenvalue weighted by Gasteiger charge is 2.03. The summed E-state index contributed by atoms with van der Waals surface area (Å²) in [7, 11) is 0. The average molecular weight is 189 g/mol. The fraction of sp³-hybridized carbons (Fsp3) is 1.00. The van der Waals surface area contributed by atoms with Gasteiger partial charge in [0.25, 0.3) is 0 Å². The van der Waals surface area contributed by atoms with Crippen LogP contribution in [0.4, 0.5) is 0 Å². The first-order chi connectivity index (χ1) is 6.16. The molecule has 80 valence electrons. The summed E-state index contributed by atoms with van der Waals surface area (Å²) in [4.78, 5) is 0. The van der Waals surface area contributed by atoms with Crippen molar-refractivity contribution in [1.82, 2.24) is 0 Å². The molecule has 0 aliphatic rings. The summed E-state index contributed by atoms with van der Waals surface area (Å²) in [5.74, 6) is 0. The molecule has 0 aliphatic heterocycles. The first kappa shape index (κ1) is 12.9. The second kappa shape index (κ2) is 8.48. The van der Waals surface area contributed by atoms with Crippen molar-refractivity contribution in [3.05, 3.63) is 0 Å². The van der Waals surface area contributed by atoms with Crippen LogP contribution in [0.3, 0.4) is 0 Å². The van der Waals surface area contributed by atoms with Crippen LogP contribution >= 0.6 is 0 Å². The van der Waals surface area contributed by atoms with Gasteiger partial charge in [-0.2, -0.15) is 0 Å². The van der Waals surface area contributed by atoms with Crippen LogP contribution in [0.1, 0.15) is 33.6 Å². The first-order valence-electron chi connectivity index (χ1n) is 5.11. The molecule has 0 rings (SSSR count). The molecule has 1 atom stereocenters. The Morgan fingerprint density at radius 2 is 1.92 bits per heavy atom. The lowest BCUT2D eigenvalue weighted by atomic mass is 10.2. The quantitative estimate of drug-likeness (QED) is 0.589. The highest BCUT2D eigenvalue weighted by molar-refractivity contribution is 4.59. The van der Waals surface area contributed by atoms with Crippen LogP contribution in [0.2, 0.25) is 0 Å². The fourth-order valence-electron chi connectivity index (χ4n) is 0.880. The molecule has 0 saturated carbocycles. The minimum Gasteiger partial charge on any atom is -0.381 e. The van der Waals surface area contributed by atoms with Gasteiger partial charge in [-0.1, -0.05) is 6.92 Å². The second-order valence-corrected chi connectivity index (χ2v) is 3.54. The molecule has 0 spiro atoms. The molecule has 3 heteroatoms. The zero-order valence-corrected chi connectivity index (χ0v) is 9.08. The Morgan fingerprint density at radius 1 is 1.23 bits per heavy atom. The van der Waals surface area contributed by atoms with Crippen LogP contribution in [0.25, 0.3) is 0 Å². The number of hydrogen-bond donors (Lipinski definition) is 1. The van der Waals surface area contributed by atoms with E-state index < -0.39 is 0 Å². The van der Waals surface area contributed by atoms with Gasteiger partial charge in [0.2, 0.25) is 0 Å². The Kier molecular flexibility index (Phi) is 8.40. The van der Waals surface area contributed by atoms with Gasteiger partial charge in [-0.15, -0.1) is 0 Å². The van der Waals surface area contributed by atoms with Crippen molar-refractivity contribution in [2.45, 2.75) is 45.8 Å². The Hall–Kier alpha value is -0.120. The van der Waals surface area contributed by atoms with Gasteiger partial charge >= 0.3 is 0 Å². The van der Waals surface area contributed by atoms with Gasteiger partial charge in [0.15, 0.2) is 0 Å². The molecule has 0 aromatic carbocycles. The number of nitrogens with two attached hydrogens (primary N) is 1. The summed E-state index contributed by atoms with van der Waals surface area (Å²) >= 11 is 0. The van der Waals surface area contributed by atoms with Gasteiger partial charge < -0.3 is 15.2 Å². The van der Waals surface area contributed by atoms with Crippen molar-refractivity contribution in [1.29, 1.82) is 0 Å². The number of ether oxygens (including phenoxy) is 2. The van der Waals surface area contributed by atoms with Gasteiger partial charge in [0, 0.05) is 19.3 Å². The SMILES string of the molecule is CCCOCCC(N)COC(C)C. The highest BCUT2D eigenvalue weighted by atomic mass is 16.5. The van der Waals surface area contributed by atoms with E-state index >= 15 is 0 Å². The van der Waals surface area contributed by atoms with E-state index in [0.717, 1.165) is 26.1 Å². The maximum atomic E-state index is 5.80. The Bertz CT molecular complexity index is 107. The summed E-state index contributed by atoms with van der Waals surface area (Å²) in [6.07, 6.45) is 2.22. The fourth-order valence-corrected chi connectivity index (χ4v) is 0.880. The molecule has 0 saturated heterocycles. The van der Waals surface area contributed by atoms with Crippen molar-refractivity contribution in [2.75, 3.05) is 19.8 Å². The molecule has 0 amide bonds. The van der Waals surface area contributed by atoms with Gasteiger partial charge in [0.1, 0.15) is 0 Å². The zero-order chi connectivity index (χ0) is 10.1. The van der Waals surface area contributed by atoms with Gasteiger partial charge in [-0.3, -0.25) is 0 Å². The standard InChI is InChI=1S/C10H23NO2/c1-4-6-12-7-5-10(11)8-13-9(2)3/h9-10H,4-8,11H2,1-3H3. The van der Waals surface area contributed by atoms with E-state index in [0.29, 0.717) is 6.61 Å². The summed E-state index contributed by atoms with van der Waals surface area (Å²) in [6.45, 7) is 8.34. The summed E-state index contributed by atoms with van der Waals surface area (Å²) in [5.41, 5.74) is 5.80. The lowest BCUT2D eigenvalue weighted by Gasteiger charge is -2.14. The topological polar surface area (TPSA) is 44.5 Å². The van der Waals surface area contributed by atoms with E-state index in [-0.39, 0.29) is 12.1 Å². The third-order valence-corrected chi connectivity index (χ3v) is 1.63. The van der Waals surface area contributed by atoms with Crippen LogP contribution in [-0.2, 0) is 9.47 Å². The lowest BCUT2D eigenvalue weighted by Crippen LogP contribution is -2.29. The maximum Gasteiger partial charge on any atom is 0.0621 e. The van der Waals surface area contributed by atoms with Crippen LogP contribution in [-0.4, -0.2) is 32.0 Å². The molecule has 0 aromatic rings. The Balaban J connectivity index is 3.15. The van der Waals surface area contributed by atoms with Crippen molar-refractivity contribution < 1.29 is 9.47 Å². The molecule has 0 heterocycles. The van der Waals surface area contributed by atoms with Crippen LogP contribution in [0, 0.1) is 0 Å². The summed E-state index contributed by atoms with van der Waals surface area (Å²) < 4.78 is 10.7. The van der Waals surface area contributed by atoms with Crippen LogP contribution < -0.4 is 5.73 Å². The van der Waals surface area contributed by atoms with E-state index in [1.54, 1.807) is 0 Å². The predicted octanol–water partition coefficient (Wildman–Crippen LogP) is 1.56. The molecular formula is C10H23NO2. The predicted molar refractivity (Wildman–Crippen MR) is 54.8 cm³/mol. The molecule has 0 fully saturated rings. The first-order valence-corrected chi connectivity index (χ1v) is 5.11. The zero-order valence-electron chi connectivity index (χ0n) is 9.08. The molecule has 2 N–H and O–H groups in total. The molecule has 13 heavy (non-hydrogen) atoms. The molecule has 0 radical (unpaired) electrons. The molecule has 0 aliphatic carbocycles. The monoisotopic (exact) mass is 189 g/mol. The molecule has 0 bridgehead atoms. The van der Waals surface area contributed by atoms with E-state index in [1.807, 2.05) is 13.8 Å². The minimum atomic E-state index is 0.110. The summed E-state index contributed by atoms with van der Waals surface area (Å²) in [6, 6.07) is 0.110. The third-order valence-electron chi connectivity index (χ3n) is 1.63. The van der Waals surface area contributed by atoms with E-state index in [4.69, 9.17) is 15.2 Å². The van der Waals surface area contributed by atoms with E-state index in [2.05, 4.69) is 6.92 Å². The molecule has 1 unspecified atom stereocenters. The average Bonchev–Trinajstić information content (AvgIpc) is 2.09. The van der Waals surface area contributed by atoms with Crippen LogP contribution in [0.15, 0.2) is 0 Å². The Morgan fingerprint density at radius 3 is 2.46 bits per heavy atom. The van der Waals surface area contributed by atoms with Gasteiger partial charge in [-0.25, -0.2) is 0 Å². The Labute approximate surface area is 81.6 Å². The maximum absolute atomic E-state index is 5.80. The normalized spacial score (nSPS) is 13.6.